The van der Waals surface area contributed by atoms with Gasteiger partial charge in [0.05, 0.1) is 0 Å². The monoisotopic (exact) mass is 436 g/mol. The van der Waals surface area contributed by atoms with Gasteiger partial charge in [-0.1, -0.05) is 55.7 Å². The number of carbonyl (C=O) groups is 2. The van der Waals surface area contributed by atoms with Crippen molar-refractivity contribution < 1.29 is 14.3 Å². The minimum atomic E-state index is -0.522. The van der Waals surface area contributed by atoms with Crippen LogP contribution in [0.4, 0.5) is 0 Å². The molecule has 1 fully saturated rings. The molecule has 2 aromatic carbocycles. The molecule has 0 heterocycles. The van der Waals surface area contributed by atoms with Crippen molar-refractivity contribution in [1.29, 1.82) is 0 Å². The van der Waals surface area contributed by atoms with E-state index in [-0.39, 0.29) is 24.5 Å². The first kappa shape index (κ1) is 23.8. The summed E-state index contributed by atoms with van der Waals surface area (Å²) in [5.41, 5.74) is 4.32. The zero-order valence-corrected chi connectivity index (χ0v) is 19.8. The van der Waals surface area contributed by atoms with Gasteiger partial charge in [0.2, 0.25) is 5.91 Å². The maximum atomic E-state index is 13.3. The van der Waals surface area contributed by atoms with Gasteiger partial charge in [0.25, 0.3) is 5.91 Å². The molecule has 0 saturated heterocycles. The van der Waals surface area contributed by atoms with Crippen LogP contribution in [0, 0.1) is 20.8 Å². The topological polar surface area (TPSA) is 58.6 Å². The summed E-state index contributed by atoms with van der Waals surface area (Å²) in [6, 6.07) is 13.7. The minimum Gasteiger partial charge on any atom is -0.484 e. The fourth-order valence-electron chi connectivity index (χ4n) is 4.54. The van der Waals surface area contributed by atoms with Crippen LogP contribution in [-0.4, -0.2) is 35.4 Å². The standard InChI is InChI=1S/C27H36N2O3/c1-5-25(27(31)28-23-11-6-7-12-23)29(17-22-10-8-9-19(2)14-22)26(30)18-32-24-15-20(3)13-21(4)16-24/h8-10,13-16,23,25H,5-7,11-12,17-18H2,1-4H3,(H,28,31)/t25-/m0/s1. The predicted molar refractivity (Wildman–Crippen MR) is 128 cm³/mol. The SMILES string of the molecule is CC[C@@H](C(=O)NC1CCCC1)N(Cc1cccc(C)c1)C(=O)COc1cc(C)cc(C)c1. The van der Waals surface area contributed by atoms with Gasteiger partial charge in [0.1, 0.15) is 11.8 Å². The van der Waals surface area contributed by atoms with Crippen molar-refractivity contribution >= 4 is 11.8 Å². The molecule has 1 aliphatic rings. The van der Waals surface area contributed by atoms with E-state index in [0.29, 0.717) is 18.7 Å². The summed E-state index contributed by atoms with van der Waals surface area (Å²) in [4.78, 5) is 28.2. The van der Waals surface area contributed by atoms with E-state index < -0.39 is 6.04 Å². The number of aryl methyl sites for hydroxylation is 3. The van der Waals surface area contributed by atoms with E-state index in [9.17, 15) is 9.59 Å². The third-order valence-corrected chi connectivity index (χ3v) is 6.08. The fraction of sp³-hybridized carbons (Fsp3) is 0.481. The lowest BCUT2D eigenvalue weighted by atomic mass is 10.1. The van der Waals surface area contributed by atoms with Crippen molar-refractivity contribution in [2.75, 3.05) is 6.61 Å². The Labute approximate surface area is 192 Å². The summed E-state index contributed by atoms with van der Waals surface area (Å²) in [6.07, 6.45) is 4.89. The molecule has 0 radical (unpaired) electrons. The average molecular weight is 437 g/mol. The zero-order valence-electron chi connectivity index (χ0n) is 19.8. The van der Waals surface area contributed by atoms with E-state index in [1.54, 1.807) is 4.90 Å². The molecule has 2 amide bonds. The van der Waals surface area contributed by atoms with Gasteiger partial charge in [-0.15, -0.1) is 0 Å². The van der Waals surface area contributed by atoms with Crippen LogP contribution in [-0.2, 0) is 16.1 Å². The first-order valence-corrected chi connectivity index (χ1v) is 11.7. The van der Waals surface area contributed by atoms with E-state index in [4.69, 9.17) is 4.74 Å². The predicted octanol–water partition coefficient (Wildman–Crippen LogP) is 4.86. The number of rotatable bonds is 9. The van der Waals surface area contributed by atoms with Crippen LogP contribution in [0.15, 0.2) is 42.5 Å². The number of amides is 2. The van der Waals surface area contributed by atoms with Crippen LogP contribution >= 0.6 is 0 Å². The number of hydrogen-bond acceptors (Lipinski definition) is 3. The van der Waals surface area contributed by atoms with Crippen molar-refractivity contribution in [3.05, 3.63) is 64.7 Å². The lowest BCUT2D eigenvalue weighted by Crippen LogP contribution is -2.52. The highest BCUT2D eigenvalue weighted by molar-refractivity contribution is 5.88. The molecule has 0 spiro atoms. The van der Waals surface area contributed by atoms with Crippen LogP contribution < -0.4 is 10.1 Å². The second kappa shape index (κ2) is 11.2. The smallest absolute Gasteiger partial charge is 0.261 e. The molecule has 5 nitrogen and oxygen atoms in total. The number of nitrogens with one attached hydrogen (secondary N) is 1. The molecule has 1 atom stereocenters. The van der Waals surface area contributed by atoms with Gasteiger partial charge in [0, 0.05) is 12.6 Å². The van der Waals surface area contributed by atoms with Crippen LogP contribution in [0.5, 0.6) is 5.75 Å². The quantitative estimate of drug-likeness (QED) is 0.611. The summed E-state index contributed by atoms with van der Waals surface area (Å²) in [6.45, 7) is 8.29. The van der Waals surface area contributed by atoms with E-state index >= 15 is 0 Å². The normalized spacial score (nSPS) is 14.8. The molecule has 1 N–H and O–H groups in total. The Morgan fingerprint density at radius 1 is 1.03 bits per heavy atom. The van der Waals surface area contributed by atoms with E-state index in [1.807, 2.05) is 58.0 Å². The first-order chi connectivity index (χ1) is 15.4. The second-order valence-corrected chi connectivity index (χ2v) is 9.04. The number of hydrogen-bond donors (Lipinski definition) is 1. The highest BCUT2D eigenvalue weighted by atomic mass is 16.5. The minimum absolute atomic E-state index is 0.0631. The number of ether oxygens (including phenoxy) is 1. The van der Waals surface area contributed by atoms with Crippen molar-refractivity contribution in [3.8, 4) is 5.75 Å². The van der Waals surface area contributed by atoms with Gasteiger partial charge in [-0.3, -0.25) is 9.59 Å². The molecule has 1 aliphatic carbocycles. The van der Waals surface area contributed by atoms with Crippen LogP contribution in [0.3, 0.4) is 0 Å². The molecule has 0 aliphatic heterocycles. The Bertz CT molecular complexity index is 914. The summed E-state index contributed by atoms with van der Waals surface area (Å²) in [7, 11) is 0. The van der Waals surface area contributed by atoms with Crippen LogP contribution in [0.2, 0.25) is 0 Å². The maximum Gasteiger partial charge on any atom is 0.261 e. The number of nitrogens with zero attached hydrogens (tertiary/aromatic N) is 1. The van der Waals surface area contributed by atoms with E-state index in [0.717, 1.165) is 47.9 Å². The van der Waals surface area contributed by atoms with Crippen molar-refractivity contribution in [1.82, 2.24) is 10.2 Å². The summed E-state index contributed by atoms with van der Waals surface area (Å²) < 4.78 is 5.86. The van der Waals surface area contributed by atoms with Gasteiger partial charge >= 0.3 is 0 Å². The Hall–Kier alpha value is -2.82. The second-order valence-electron chi connectivity index (χ2n) is 9.04. The number of carbonyl (C=O) groups excluding carboxylic acids is 2. The Kier molecular flexibility index (Phi) is 8.32. The molecular weight excluding hydrogens is 400 g/mol. The highest BCUT2D eigenvalue weighted by Crippen LogP contribution is 2.20. The van der Waals surface area contributed by atoms with Crippen molar-refractivity contribution in [2.24, 2.45) is 0 Å². The summed E-state index contributed by atoms with van der Waals surface area (Å²) >= 11 is 0. The molecule has 32 heavy (non-hydrogen) atoms. The van der Waals surface area contributed by atoms with Gasteiger partial charge in [-0.2, -0.15) is 0 Å². The molecule has 0 aromatic heterocycles. The van der Waals surface area contributed by atoms with Crippen molar-refractivity contribution in [3.63, 3.8) is 0 Å². The number of benzene rings is 2. The molecule has 0 unspecified atom stereocenters. The van der Waals surface area contributed by atoms with Crippen LogP contribution in [0.1, 0.15) is 61.3 Å². The first-order valence-electron chi connectivity index (χ1n) is 11.7. The average Bonchev–Trinajstić information content (AvgIpc) is 3.24. The third kappa shape index (κ3) is 6.59. The molecule has 2 aromatic rings. The van der Waals surface area contributed by atoms with Crippen LogP contribution in [0.25, 0.3) is 0 Å². The molecule has 5 heteroatoms. The van der Waals surface area contributed by atoms with Gasteiger partial charge in [-0.25, -0.2) is 0 Å². The molecule has 172 valence electrons. The lowest BCUT2D eigenvalue weighted by Gasteiger charge is -2.31. The maximum absolute atomic E-state index is 13.3. The molecule has 0 bridgehead atoms. The third-order valence-electron chi connectivity index (χ3n) is 6.08. The van der Waals surface area contributed by atoms with Gasteiger partial charge in [0.15, 0.2) is 6.61 Å². The summed E-state index contributed by atoms with van der Waals surface area (Å²) in [5.74, 6) is 0.431. The van der Waals surface area contributed by atoms with Crippen molar-refractivity contribution in [2.45, 2.75) is 78.4 Å². The molecule has 3 rings (SSSR count). The Morgan fingerprint density at radius 2 is 1.72 bits per heavy atom. The largest absolute Gasteiger partial charge is 0.484 e. The fourth-order valence-corrected chi connectivity index (χ4v) is 4.54. The Balaban J connectivity index is 1.77. The highest BCUT2D eigenvalue weighted by Gasteiger charge is 2.30. The van der Waals surface area contributed by atoms with E-state index in [2.05, 4.69) is 17.4 Å². The molecule has 1 saturated carbocycles. The lowest BCUT2D eigenvalue weighted by molar-refractivity contribution is -0.143. The van der Waals surface area contributed by atoms with Gasteiger partial charge in [-0.05, 0) is 68.9 Å². The Morgan fingerprint density at radius 3 is 2.34 bits per heavy atom. The van der Waals surface area contributed by atoms with E-state index in [1.165, 1.54) is 0 Å². The summed E-state index contributed by atoms with van der Waals surface area (Å²) in [5, 5.41) is 3.18. The zero-order chi connectivity index (χ0) is 23.1. The molecular formula is C27H36N2O3. The van der Waals surface area contributed by atoms with Gasteiger partial charge < -0.3 is 15.0 Å².